The second-order valence-corrected chi connectivity index (χ2v) is 7.55. The lowest BCUT2D eigenvalue weighted by Gasteiger charge is -2.16. The van der Waals surface area contributed by atoms with E-state index in [9.17, 15) is 10.1 Å². The minimum atomic E-state index is -0.386. The van der Waals surface area contributed by atoms with Gasteiger partial charge in [-0.1, -0.05) is 49.2 Å². The molecule has 0 spiro atoms. The monoisotopic (exact) mass is 459 g/mol. The number of fused-ring (bicyclic) bond motifs is 1. The van der Waals surface area contributed by atoms with Gasteiger partial charge in [0.1, 0.15) is 11.6 Å². The predicted octanol–water partition coefficient (Wildman–Crippen LogP) is 6.02. The van der Waals surface area contributed by atoms with Crippen LogP contribution in [0.25, 0.3) is 21.9 Å². The van der Waals surface area contributed by atoms with E-state index in [1.165, 1.54) is 6.07 Å². The van der Waals surface area contributed by atoms with Crippen LogP contribution in [0.5, 0.6) is 5.75 Å². The van der Waals surface area contributed by atoms with E-state index in [-0.39, 0.29) is 23.0 Å². The molecule has 0 bridgehead atoms. The number of non-ortho nitro benzene ring substituents is 1. The summed E-state index contributed by atoms with van der Waals surface area (Å²) in [4.78, 5) is 15.3. The van der Waals surface area contributed by atoms with E-state index in [0.717, 1.165) is 52.7 Å². The van der Waals surface area contributed by atoms with Gasteiger partial charge in [0, 0.05) is 24.1 Å². The molecule has 1 heterocycles. The van der Waals surface area contributed by atoms with Crippen LogP contribution in [-0.2, 0) is 0 Å². The van der Waals surface area contributed by atoms with Crippen molar-refractivity contribution in [3.63, 3.8) is 0 Å². The molecule has 0 amide bonds. The SMILES string of the molecule is CCCCOc1c(C2=NCCN2)cc2cc(-c3cccc([N+](=O)[O-])c3)ccc2c1Cl.Cl. The number of hydrogen-bond acceptors (Lipinski definition) is 5. The normalized spacial score (nSPS) is 12.8. The largest absolute Gasteiger partial charge is 0.491 e. The van der Waals surface area contributed by atoms with Gasteiger partial charge in [0.05, 0.1) is 28.7 Å². The highest BCUT2D eigenvalue weighted by atomic mass is 35.5. The maximum Gasteiger partial charge on any atom is 0.270 e. The fourth-order valence-electron chi connectivity index (χ4n) is 3.54. The molecule has 0 radical (unpaired) electrons. The second kappa shape index (κ2) is 9.98. The van der Waals surface area contributed by atoms with Crippen LogP contribution in [0.15, 0.2) is 53.5 Å². The van der Waals surface area contributed by atoms with E-state index < -0.39 is 0 Å². The molecule has 1 aliphatic heterocycles. The minimum absolute atomic E-state index is 0. The number of nitrogens with one attached hydrogen (secondary N) is 1. The van der Waals surface area contributed by atoms with Crippen LogP contribution in [0, 0.1) is 10.1 Å². The number of amidine groups is 1. The number of halogens is 2. The molecule has 1 aliphatic rings. The molecule has 0 saturated heterocycles. The molecule has 0 saturated carbocycles. The number of unbranched alkanes of at least 4 members (excludes halogenated alkanes) is 1. The van der Waals surface area contributed by atoms with Crippen molar-refractivity contribution in [2.24, 2.45) is 4.99 Å². The minimum Gasteiger partial charge on any atom is -0.491 e. The summed E-state index contributed by atoms with van der Waals surface area (Å²) in [5, 5.41) is 16.8. The van der Waals surface area contributed by atoms with Gasteiger partial charge in [0.25, 0.3) is 5.69 Å². The van der Waals surface area contributed by atoms with E-state index in [1.807, 2.05) is 30.3 Å². The van der Waals surface area contributed by atoms with Crippen molar-refractivity contribution in [2.45, 2.75) is 19.8 Å². The standard InChI is InChI=1S/C23H22ClN3O3.ClH/c1-2-3-11-30-22-20(23-25-9-10-26-23)14-17-12-16(7-8-19(17)21(22)24)15-5-4-6-18(13-15)27(28)29;/h4-8,12-14H,2-3,9-11H2,1H3,(H,25,26);1H. The molecule has 31 heavy (non-hydrogen) atoms. The summed E-state index contributed by atoms with van der Waals surface area (Å²) in [6, 6.07) is 14.5. The smallest absolute Gasteiger partial charge is 0.270 e. The molecule has 6 nitrogen and oxygen atoms in total. The third-order valence-electron chi connectivity index (χ3n) is 5.10. The van der Waals surface area contributed by atoms with Gasteiger partial charge in [-0.3, -0.25) is 15.1 Å². The van der Waals surface area contributed by atoms with Crippen LogP contribution < -0.4 is 10.1 Å². The molecule has 3 aromatic carbocycles. The lowest BCUT2D eigenvalue weighted by Crippen LogP contribution is -2.20. The molecule has 1 N–H and O–H groups in total. The zero-order valence-electron chi connectivity index (χ0n) is 17.1. The number of hydrogen-bond donors (Lipinski definition) is 1. The zero-order valence-corrected chi connectivity index (χ0v) is 18.6. The Labute approximate surface area is 191 Å². The predicted molar refractivity (Wildman–Crippen MR) is 128 cm³/mol. The second-order valence-electron chi connectivity index (χ2n) is 7.17. The van der Waals surface area contributed by atoms with Crippen LogP contribution in [0.2, 0.25) is 5.02 Å². The van der Waals surface area contributed by atoms with E-state index >= 15 is 0 Å². The van der Waals surface area contributed by atoms with Crippen LogP contribution in [0.4, 0.5) is 5.69 Å². The van der Waals surface area contributed by atoms with Crippen LogP contribution in [-0.4, -0.2) is 30.5 Å². The maximum atomic E-state index is 11.1. The fraction of sp³-hybridized carbons (Fsp3) is 0.261. The molecular weight excluding hydrogens is 437 g/mol. The Morgan fingerprint density at radius 2 is 2.00 bits per heavy atom. The van der Waals surface area contributed by atoms with Crippen molar-refractivity contribution in [2.75, 3.05) is 19.7 Å². The lowest BCUT2D eigenvalue weighted by atomic mass is 9.98. The van der Waals surface area contributed by atoms with Gasteiger partial charge < -0.3 is 10.1 Å². The molecule has 0 fully saturated rings. The van der Waals surface area contributed by atoms with Gasteiger partial charge >= 0.3 is 0 Å². The summed E-state index contributed by atoms with van der Waals surface area (Å²) in [7, 11) is 0. The highest BCUT2D eigenvalue weighted by molar-refractivity contribution is 6.38. The van der Waals surface area contributed by atoms with Crippen LogP contribution in [0.1, 0.15) is 25.3 Å². The number of nitro benzene ring substituents is 1. The highest BCUT2D eigenvalue weighted by Crippen LogP contribution is 2.39. The molecule has 0 unspecified atom stereocenters. The quantitative estimate of drug-likeness (QED) is 0.266. The zero-order chi connectivity index (χ0) is 21.1. The first-order valence-electron chi connectivity index (χ1n) is 10.0. The molecule has 162 valence electrons. The number of benzene rings is 3. The first-order valence-corrected chi connectivity index (χ1v) is 10.4. The Kier molecular flexibility index (Phi) is 7.36. The van der Waals surface area contributed by atoms with Crippen LogP contribution >= 0.6 is 24.0 Å². The molecule has 8 heteroatoms. The van der Waals surface area contributed by atoms with E-state index in [4.69, 9.17) is 16.3 Å². The summed E-state index contributed by atoms with van der Waals surface area (Å²) in [5.74, 6) is 1.43. The first kappa shape index (κ1) is 22.8. The Morgan fingerprint density at radius 3 is 2.71 bits per heavy atom. The van der Waals surface area contributed by atoms with Crippen LogP contribution in [0.3, 0.4) is 0 Å². The Balaban J connectivity index is 0.00000272. The number of ether oxygens (including phenoxy) is 1. The van der Waals surface area contributed by atoms with E-state index in [0.29, 0.717) is 23.9 Å². The molecule has 0 atom stereocenters. The van der Waals surface area contributed by atoms with Crippen molar-refractivity contribution in [3.8, 4) is 16.9 Å². The highest BCUT2D eigenvalue weighted by Gasteiger charge is 2.20. The van der Waals surface area contributed by atoms with Crippen molar-refractivity contribution in [1.82, 2.24) is 5.32 Å². The Hall–Kier alpha value is -2.83. The number of aliphatic imine (C=N–C) groups is 1. The van der Waals surface area contributed by atoms with Gasteiger partial charge in [-0.05, 0) is 35.1 Å². The van der Waals surface area contributed by atoms with E-state index in [1.54, 1.807) is 12.1 Å². The summed E-state index contributed by atoms with van der Waals surface area (Å²) < 4.78 is 6.06. The molecule has 4 rings (SSSR count). The van der Waals surface area contributed by atoms with Gasteiger partial charge in [0.15, 0.2) is 0 Å². The molecule has 3 aromatic rings. The Bertz CT molecular complexity index is 1150. The Morgan fingerprint density at radius 1 is 1.19 bits per heavy atom. The van der Waals surface area contributed by atoms with E-state index in [2.05, 4.69) is 17.2 Å². The number of rotatable bonds is 7. The molecule has 0 aromatic heterocycles. The topological polar surface area (TPSA) is 76.8 Å². The van der Waals surface area contributed by atoms with Crippen molar-refractivity contribution in [3.05, 3.63) is 69.2 Å². The average molecular weight is 460 g/mol. The van der Waals surface area contributed by atoms with Gasteiger partial charge in [-0.25, -0.2) is 0 Å². The first-order chi connectivity index (χ1) is 14.6. The maximum absolute atomic E-state index is 11.1. The third kappa shape index (κ3) is 4.75. The average Bonchev–Trinajstić information content (AvgIpc) is 3.29. The van der Waals surface area contributed by atoms with Crippen molar-refractivity contribution in [1.29, 1.82) is 0 Å². The summed E-state index contributed by atoms with van der Waals surface area (Å²) in [6.45, 7) is 4.21. The van der Waals surface area contributed by atoms with Gasteiger partial charge in [0.2, 0.25) is 0 Å². The fourth-order valence-corrected chi connectivity index (χ4v) is 3.86. The summed E-state index contributed by atoms with van der Waals surface area (Å²) in [5.41, 5.74) is 2.57. The number of nitro groups is 1. The molecule has 0 aliphatic carbocycles. The summed E-state index contributed by atoms with van der Waals surface area (Å²) in [6.07, 6.45) is 1.98. The van der Waals surface area contributed by atoms with Crippen molar-refractivity contribution < 1.29 is 9.66 Å². The molecular formula is C23H23Cl2N3O3. The lowest BCUT2D eigenvalue weighted by molar-refractivity contribution is -0.384. The third-order valence-corrected chi connectivity index (χ3v) is 5.47. The van der Waals surface area contributed by atoms with Gasteiger partial charge in [-0.2, -0.15) is 0 Å². The summed E-state index contributed by atoms with van der Waals surface area (Å²) >= 11 is 6.77. The number of nitrogens with zero attached hydrogens (tertiary/aromatic N) is 2. The van der Waals surface area contributed by atoms with Crippen molar-refractivity contribution >= 4 is 46.3 Å². The van der Waals surface area contributed by atoms with Gasteiger partial charge in [-0.15, -0.1) is 12.4 Å².